The summed E-state index contributed by atoms with van der Waals surface area (Å²) in [5.74, 6) is 2.07. The lowest BCUT2D eigenvalue weighted by molar-refractivity contribution is 0.0726. The molecule has 0 N–H and O–H groups in total. The van der Waals surface area contributed by atoms with E-state index in [0.29, 0.717) is 17.9 Å². The second kappa shape index (κ2) is 7.76. The normalized spacial score (nSPS) is 13.2. The van der Waals surface area contributed by atoms with E-state index in [2.05, 4.69) is 5.16 Å². The SMILES string of the molecule is COc1ccc(C(=O)N(Cc2cc(-c3ccccc3OC)on2)C2CC2)cc1. The van der Waals surface area contributed by atoms with Crippen LogP contribution in [0.4, 0.5) is 0 Å². The summed E-state index contributed by atoms with van der Waals surface area (Å²) in [6.45, 7) is 0.411. The third kappa shape index (κ3) is 3.71. The van der Waals surface area contributed by atoms with Crippen molar-refractivity contribution in [2.24, 2.45) is 0 Å². The summed E-state index contributed by atoms with van der Waals surface area (Å²) in [4.78, 5) is 14.9. The Labute approximate surface area is 163 Å². The van der Waals surface area contributed by atoms with Gasteiger partial charge in [-0.1, -0.05) is 17.3 Å². The van der Waals surface area contributed by atoms with Crippen molar-refractivity contribution in [2.75, 3.05) is 14.2 Å². The summed E-state index contributed by atoms with van der Waals surface area (Å²) < 4.78 is 16.1. The Kier molecular flexibility index (Phi) is 5.02. The first-order chi connectivity index (χ1) is 13.7. The van der Waals surface area contributed by atoms with Crippen LogP contribution in [0.2, 0.25) is 0 Å². The van der Waals surface area contributed by atoms with Gasteiger partial charge in [0.1, 0.15) is 17.2 Å². The molecule has 0 aliphatic heterocycles. The van der Waals surface area contributed by atoms with Crippen LogP contribution in [-0.2, 0) is 6.54 Å². The van der Waals surface area contributed by atoms with Gasteiger partial charge in [-0.05, 0) is 49.2 Å². The Bertz CT molecular complexity index is 961. The van der Waals surface area contributed by atoms with Crippen LogP contribution in [0.5, 0.6) is 11.5 Å². The van der Waals surface area contributed by atoms with E-state index in [1.54, 1.807) is 38.5 Å². The first-order valence-corrected chi connectivity index (χ1v) is 9.23. The molecule has 28 heavy (non-hydrogen) atoms. The molecule has 0 radical (unpaired) electrons. The van der Waals surface area contributed by atoms with Gasteiger partial charge in [0.25, 0.3) is 5.91 Å². The standard InChI is InChI=1S/C22H22N2O4/c1-26-18-11-7-15(8-12-18)22(25)24(17-9-10-17)14-16-13-21(28-23-16)19-5-3-4-6-20(19)27-2/h3-8,11-13,17H,9-10,14H2,1-2H3. The van der Waals surface area contributed by atoms with Gasteiger partial charge in [0.05, 0.1) is 26.3 Å². The fraction of sp³-hybridized carbons (Fsp3) is 0.273. The monoisotopic (exact) mass is 378 g/mol. The number of aromatic nitrogens is 1. The molecule has 6 nitrogen and oxygen atoms in total. The number of rotatable bonds is 7. The third-order valence-electron chi connectivity index (χ3n) is 4.85. The van der Waals surface area contributed by atoms with Crippen LogP contribution < -0.4 is 9.47 Å². The first kappa shape index (κ1) is 18.1. The van der Waals surface area contributed by atoms with Gasteiger partial charge < -0.3 is 18.9 Å². The summed E-state index contributed by atoms with van der Waals surface area (Å²) in [6.07, 6.45) is 2.03. The van der Waals surface area contributed by atoms with Crippen LogP contribution in [0.25, 0.3) is 11.3 Å². The summed E-state index contributed by atoms with van der Waals surface area (Å²) in [5, 5.41) is 4.18. The van der Waals surface area contributed by atoms with Crippen molar-refractivity contribution in [2.45, 2.75) is 25.4 Å². The second-order valence-electron chi connectivity index (χ2n) is 6.78. The van der Waals surface area contributed by atoms with Crippen molar-refractivity contribution in [3.63, 3.8) is 0 Å². The molecule has 0 saturated heterocycles. The second-order valence-corrected chi connectivity index (χ2v) is 6.78. The number of nitrogens with zero attached hydrogens (tertiary/aromatic N) is 2. The van der Waals surface area contributed by atoms with Gasteiger partial charge in [-0.3, -0.25) is 4.79 Å². The average Bonchev–Trinajstić information content (AvgIpc) is 3.49. The number of carbonyl (C=O) groups is 1. The van der Waals surface area contributed by atoms with Crippen LogP contribution in [0.1, 0.15) is 28.9 Å². The maximum Gasteiger partial charge on any atom is 0.254 e. The van der Waals surface area contributed by atoms with Gasteiger partial charge in [0, 0.05) is 17.7 Å². The Morgan fingerprint density at radius 1 is 1.11 bits per heavy atom. The minimum absolute atomic E-state index is 0.00741. The Balaban J connectivity index is 1.54. The first-order valence-electron chi connectivity index (χ1n) is 9.23. The van der Waals surface area contributed by atoms with E-state index in [1.165, 1.54) is 0 Å². The predicted molar refractivity (Wildman–Crippen MR) is 104 cm³/mol. The molecule has 2 aromatic carbocycles. The Morgan fingerprint density at radius 2 is 1.86 bits per heavy atom. The van der Waals surface area contributed by atoms with Crippen molar-refractivity contribution < 1.29 is 18.8 Å². The van der Waals surface area contributed by atoms with Gasteiger partial charge >= 0.3 is 0 Å². The maximum absolute atomic E-state index is 13.0. The molecule has 0 spiro atoms. The van der Waals surface area contributed by atoms with E-state index >= 15 is 0 Å². The third-order valence-corrected chi connectivity index (χ3v) is 4.85. The molecule has 1 aromatic heterocycles. The molecule has 1 aliphatic carbocycles. The molecule has 1 saturated carbocycles. The van der Waals surface area contributed by atoms with E-state index in [1.807, 2.05) is 35.2 Å². The molecular weight excluding hydrogens is 356 g/mol. The Hall–Kier alpha value is -3.28. The Morgan fingerprint density at radius 3 is 2.54 bits per heavy atom. The van der Waals surface area contributed by atoms with Crippen LogP contribution in [-0.4, -0.2) is 36.2 Å². The van der Waals surface area contributed by atoms with Crippen molar-refractivity contribution in [3.05, 3.63) is 65.9 Å². The smallest absolute Gasteiger partial charge is 0.254 e. The lowest BCUT2D eigenvalue weighted by atomic mass is 10.1. The van der Waals surface area contributed by atoms with E-state index in [0.717, 1.165) is 35.6 Å². The van der Waals surface area contributed by atoms with Crippen molar-refractivity contribution in [3.8, 4) is 22.8 Å². The highest BCUT2D eigenvalue weighted by molar-refractivity contribution is 5.94. The van der Waals surface area contributed by atoms with Crippen molar-refractivity contribution in [1.29, 1.82) is 0 Å². The van der Waals surface area contributed by atoms with Crippen molar-refractivity contribution >= 4 is 5.91 Å². The quantitative estimate of drug-likeness (QED) is 0.618. The summed E-state index contributed by atoms with van der Waals surface area (Å²) in [7, 11) is 3.23. The number of hydrogen-bond donors (Lipinski definition) is 0. The zero-order chi connectivity index (χ0) is 19.5. The highest BCUT2D eigenvalue weighted by Gasteiger charge is 2.33. The van der Waals surface area contributed by atoms with Crippen LogP contribution in [0.15, 0.2) is 59.1 Å². The van der Waals surface area contributed by atoms with Crippen LogP contribution in [0, 0.1) is 0 Å². The van der Waals surface area contributed by atoms with E-state index in [9.17, 15) is 4.79 Å². The summed E-state index contributed by atoms with van der Waals surface area (Å²) in [5.41, 5.74) is 2.19. The molecule has 1 aliphatic rings. The lowest BCUT2D eigenvalue weighted by Gasteiger charge is -2.21. The fourth-order valence-corrected chi connectivity index (χ4v) is 3.19. The van der Waals surface area contributed by atoms with Gasteiger partial charge in [-0.15, -0.1) is 0 Å². The van der Waals surface area contributed by atoms with E-state index in [4.69, 9.17) is 14.0 Å². The number of methoxy groups -OCH3 is 2. The highest BCUT2D eigenvalue weighted by atomic mass is 16.5. The zero-order valence-corrected chi connectivity index (χ0v) is 15.9. The molecule has 6 heteroatoms. The number of para-hydroxylation sites is 1. The van der Waals surface area contributed by atoms with Crippen LogP contribution in [0.3, 0.4) is 0 Å². The topological polar surface area (TPSA) is 64.8 Å². The van der Waals surface area contributed by atoms with Gasteiger partial charge in [-0.2, -0.15) is 0 Å². The van der Waals surface area contributed by atoms with E-state index < -0.39 is 0 Å². The van der Waals surface area contributed by atoms with Gasteiger partial charge in [0.2, 0.25) is 0 Å². The molecule has 1 amide bonds. The molecular formula is C22H22N2O4. The fourth-order valence-electron chi connectivity index (χ4n) is 3.19. The zero-order valence-electron chi connectivity index (χ0n) is 15.9. The molecule has 1 heterocycles. The average molecular weight is 378 g/mol. The minimum Gasteiger partial charge on any atom is -0.497 e. The molecule has 3 aromatic rings. The number of benzene rings is 2. The maximum atomic E-state index is 13.0. The minimum atomic E-state index is -0.00741. The molecule has 0 unspecified atom stereocenters. The van der Waals surface area contributed by atoms with E-state index in [-0.39, 0.29) is 11.9 Å². The molecule has 4 rings (SSSR count). The van der Waals surface area contributed by atoms with Crippen molar-refractivity contribution in [1.82, 2.24) is 10.1 Å². The molecule has 1 fully saturated rings. The summed E-state index contributed by atoms with van der Waals surface area (Å²) >= 11 is 0. The number of carbonyl (C=O) groups excluding carboxylic acids is 1. The molecule has 144 valence electrons. The van der Waals surface area contributed by atoms with Gasteiger partial charge in [-0.25, -0.2) is 0 Å². The number of hydrogen-bond acceptors (Lipinski definition) is 5. The van der Waals surface area contributed by atoms with Gasteiger partial charge in [0.15, 0.2) is 5.76 Å². The largest absolute Gasteiger partial charge is 0.497 e. The van der Waals surface area contributed by atoms with Crippen LogP contribution >= 0.6 is 0 Å². The number of ether oxygens (including phenoxy) is 2. The summed E-state index contributed by atoms with van der Waals surface area (Å²) in [6, 6.07) is 16.9. The molecule has 0 atom stereocenters. The lowest BCUT2D eigenvalue weighted by Crippen LogP contribution is -2.32. The molecule has 0 bridgehead atoms. The highest BCUT2D eigenvalue weighted by Crippen LogP contribution is 2.33. The number of amides is 1. The predicted octanol–water partition coefficient (Wildman–Crippen LogP) is 4.16.